The summed E-state index contributed by atoms with van der Waals surface area (Å²) >= 11 is 0. The van der Waals surface area contributed by atoms with Gasteiger partial charge in [0.1, 0.15) is 5.82 Å². The van der Waals surface area contributed by atoms with E-state index in [2.05, 4.69) is 10.3 Å². The molecule has 1 heterocycles. The Morgan fingerprint density at radius 1 is 1.22 bits per heavy atom. The molecule has 1 N–H and O–H groups in total. The number of aryl methyl sites for hydroxylation is 2. The Bertz CT molecular complexity index is 951. The van der Waals surface area contributed by atoms with Gasteiger partial charge in [-0.25, -0.2) is 4.98 Å². The molecule has 3 aromatic rings. The predicted molar refractivity (Wildman–Crippen MR) is 102 cm³/mol. The minimum atomic E-state index is -0.476. The summed E-state index contributed by atoms with van der Waals surface area (Å²) in [6, 6.07) is 14.4. The van der Waals surface area contributed by atoms with Crippen LogP contribution in [-0.4, -0.2) is 26.9 Å². The fourth-order valence-corrected chi connectivity index (χ4v) is 2.84. The first-order valence-electron chi connectivity index (χ1n) is 8.66. The van der Waals surface area contributed by atoms with E-state index in [4.69, 9.17) is 0 Å². The van der Waals surface area contributed by atoms with Gasteiger partial charge in [-0.15, -0.1) is 0 Å². The Labute approximate surface area is 156 Å². The van der Waals surface area contributed by atoms with Gasteiger partial charge in [0.2, 0.25) is 0 Å². The average Bonchev–Trinajstić information content (AvgIpc) is 3.14. The van der Waals surface area contributed by atoms with Gasteiger partial charge in [-0.1, -0.05) is 36.4 Å². The highest BCUT2D eigenvalue weighted by atomic mass is 16.6. The van der Waals surface area contributed by atoms with Gasteiger partial charge in [0, 0.05) is 48.2 Å². The summed E-state index contributed by atoms with van der Waals surface area (Å²) in [5.41, 5.74) is 1.82. The van der Waals surface area contributed by atoms with E-state index in [9.17, 15) is 14.9 Å². The third-order valence-electron chi connectivity index (χ3n) is 4.28. The second-order valence-corrected chi connectivity index (χ2v) is 6.18. The summed E-state index contributed by atoms with van der Waals surface area (Å²) in [6.07, 6.45) is 4.38. The van der Waals surface area contributed by atoms with Crippen molar-refractivity contribution in [1.82, 2.24) is 14.9 Å². The maximum absolute atomic E-state index is 12.2. The summed E-state index contributed by atoms with van der Waals surface area (Å²) in [5, 5.41) is 13.8. The van der Waals surface area contributed by atoms with Gasteiger partial charge in [-0.2, -0.15) is 0 Å². The van der Waals surface area contributed by atoms with Crippen molar-refractivity contribution in [3.8, 4) is 11.4 Å². The lowest BCUT2D eigenvalue weighted by Crippen LogP contribution is -2.25. The first kappa shape index (κ1) is 18.3. The monoisotopic (exact) mass is 364 g/mol. The van der Waals surface area contributed by atoms with Crippen LogP contribution in [0.25, 0.3) is 11.4 Å². The number of nitrogens with one attached hydrogen (secondary N) is 1. The number of imidazole rings is 1. The first-order chi connectivity index (χ1) is 13.1. The molecular formula is C20H20N4O3. The molecule has 1 aromatic heterocycles. The van der Waals surface area contributed by atoms with E-state index in [-0.39, 0.29) is 11.6 Å². The van der Waals surface area contributed by atoms with Crippen LogP contribution in [0.1, 0.15) is 22.3 Å². The number of nitrogens with zero attached hydrogens (tertiary/aromatic N) is 3. The normalized spacial score (nSPS) is 10.6. The second-order valence-electron chi connectivity index (χ2n) is 6.18. The standard InChI is InChI=1S/C20H20N4O3/c1-15-8-9-17(14-18(15)24(26)27)20(25)22-10-5-12-23-13-11-21-19(23)16-6-3-2-4-7-16/h2-4,6-9,11,13-14H,5,10,12H2,1H3,(H,22,25). The Morgan fingerprint density at radius 2 is 2.00 bits per heavy atom. The lowest BCUT2D eigenvalue weighted by Gasteiger charge is -2.09. The fourth-order valence-electron chi connectivity index (χ4n) is 2.84. The highest BCUT2D eigenvalue weighted by Crippen LogP contribution is 2.19. The molecule has 0 saturated heterocycles. The van der Waals surface area contributed by atoms with Crippen molar-refractivity contribution >= 4 is 11.6 Å². The zero-order valence-corrected chi connectivity index (χ0v) is 15.0. The van der Waals surface area contributed by atoms with Crippen molar-refractivity contribution in [2.24, 2.45) is 0 Å². The number of amides is 1. The molecule has 0 radical (unpaired) electrons. The van der Waals surface area contributed by atoms with E-state index in [0.717, 1.165) is 17.8 Å². The van der Waals surface area contributed by atoms with E-state index in [1.54, 1.807) is 25.3 Å². The van der Waals surface area contributed by atoms with E-state index in [1.165, 1.54) is 6.07 Å². The van der Waals surface area contributed by atoms with E-state index >= 15 is 0 Å². The number of nitro benzene ring substituents is 1. The topological polar surface area (TPSA) is 90.1 Å². The Kier molecular flexibility index (Phi) is 5.61. The van der Waals surface area contributed by atoms with Crippen LogP contribution in [0.15, 0.2) is 60.9 Å². The van der Waals surface area contributed by atoms with Crippen LogP contribution in [0.3, 0.4) is 0 Å². The van der Waals surface area contributed by atoms with Gasteiger partial charge in [0.05, 0.1) is 4.92 Å². The number of carbonyl (C=O) groups is 1. The van der Waals surface area contributed by atoms with Gasteiger partial charge in [0.15, 0.2) is 0 Å². The maximum Gasteiger partial charge on any atom is 0.273 e. The molecule has 0 spiro atoms. The largest absolute Gasteiger partial charge is 0.352 e. The SMILES string of the molecule is Cc1ccc(C(=O)NCCCn2ccnc2-c2ccccc2)cc1[N+](=O)[O-]. The van der Waals surface area contributed by atoms with Crippen molar-refractivity contribution in [2.45, 2.75) is 19.9 Å². The van der Waals surface area contributed by atoms with Gasteiger partial charge in [-0.3, -0.25) is 14.9 Å². The maximum atomic E-state index is 12.2. The van der Waals surface area contributed by atoms with E-state index in [0.29, 0.717) is 24.2 Å². The van der Waals surface area contributed by atoms with Gasteiger partial charge >= 0.3 is 0 Å². The molecule has 0 fully saturated rings. The van der Waals surface area contributed by atoms with Crippen LogP contribution in [0, 0.1) is 17.0 Å². The van der Waals surface area contributed by atoms with E-state index < -0.39 is 4.92 Å². The fraction of sp³-hybridized carbons (Fsp3) is 0.200. The van der Waals surface area contributed by atoms with Crippen LogP contribution in [0.5, 0.6) is 0 Å². The third kappa shape index (κ3) is 4.38. The molecular weight excluding hydrogens is 344 g/mol. The quantitative estimate of drug-likeness (QED) is 0.394. The summed E-state index contributed by atoms with van der Waals surface area (Å²) in [4.78, 5) is 27.1. The predicted octanol–water partition coefficient (Wildman–Crippen LogP) is 3.59. The molecule has 0 aliphatic carbocycles. The van der Waals surface area contributed by atoms with Crippen LogP contribution < -0.4 is 5.32 Å². The number of nitro groups is 1. The number of aromatic nitrogens is 2. The number of hydrogen-bond donors (Lipinski definition) is 1. The first-order valence-corrected chi connectivity index (χ1v) is 8.66. The Hall–Kier alpha value is -3.48. The molecule has 0 atom stereocenters. The van der Waals surface area contributed by atoms with Crippen LogP contribution >= 0.6 is 0 Å². The van der Waals surface area contributed by atoms with Crippen LogP contribution in [0.4, 0.5) is 5.69 Å². The van der Waals surface area contributed by atoms with Crippen molar-refractivity contribution in [3.63, 3.8) is 0 Å². The molecule has 3 rings (SSSR count). The molecule has 7 nitrogen and oxygen atoms in total. The number of carbonyl (C=O) groups excluding carboxylic acids is 1. The summed E-state index contributed by atoms with van der Waals surface area (Å²) in [5.74, 6) is 0.572. The second kappa shape index (κ2) is 8.27. The minimum absolute atomic E-state index is 0.0476. The summed E-state index contributed by atoms with van der Waals surface area (Å²) in [7, 11) is 0. The molecule has 0 saturated carbocycles. The summed E-state index contributed by atoms with van der Waals surface area (Å²) in [6.45, 7) is 2.82. The van der Waals surface area contributed by atoms with Crippen LogP contribution in [0.2, 0.25) is 0 Å². The molecule has 138 valence electrons. The Morgan fingerprint density at radius 3 is 2.74 bits per heavy atom. The summed E-state index contributed by atoms with van der Waals surface area (Å²) < 4.78 is 2.04. The molecule has 27 heavy (non-hydrogen) atoms. The third-order valence-corrected chi connectivity index (χ3v) is 4.28. The van der Waals surface area contributed by atoms with Gasteiger partial charge < -0.3 is 9.88 Å². The highest BCUT2D eigenvalue weighted by molar-refractivity contribution is 5.94. The molecule has 2 aromatic carbocycles. The molecule has 0 bridgehead atoms. The minimum Gasteiger partial charge on any atom is -0.352 e. The number of rotatable bonds is 7. The molecule has 0 unspecified atom stereocenters. The molecule has 0 aliphatic rings. The van der Waals surface area contributed by atoms with Crippen molar-refractivity contribution in [1.29, 1.82) is 0 Å². The van der Waals surface area contributed by atoms with Gasteiger partial charge in [-0.05, 0) is 19.4 Å². The Balaban J connectivity index is 1.56. The average molecular weight is 364 g/mol. The van der Waals surface area contributed by atoms with Crippen LogP contribution in [-0.2, 0) is 6.54 Å². The van der Waals surface area contributed by atoms with Crippen molar-refractivity contribution in [3.05, 3.63) is 82.2 Å². The van der Waals surface area contributed by atoms with E-state index in [1.807, 2.05) is 41.1 Å². The zero-order valence-electron chi connectivity index (χ0n) is 15.0. The van der Waals surface area contributed by atoms with Crippen molar-refractivity contribution < 1.29 is 9.72 Å². The molecule has 7 heteroatoms. The molecule has 0 aliphatic heterocycles. The lowest BCUT2D eigenvalue weighted by molar-refractivity contribution is -0.385. The van der Waals surface area contributed by atoms with Gasteiger partial charge in [0.25, 0.3) is 11.6 Å². The highest BCUT2D eigenvalue weighted by Gasteiger charge is 2.14. The molecule has 1 amide bonds. The number of hydrogen-bond acceptors (Lipinski definition) is 4. The van der Waals surface area contributed by atoms with Crippen molar-refractivity contribution in [2.75, 3.05) is 6.54 Å². The number of benzene rings is 2. The smallest absolute Gasteiger partial charge is 0.273 e. The lowest BCUT2D eigenvalue weighted by atomic mass is 10.1. The zero-order chi connectivity index (χ0) is 19.2.